The molecular weight excluding hydrogens is 256 g/mol. The molecule has 0 fully saturated rings. The minimum absolute atomic E-state index is 0.0284. The summed E-state index contributed by atoms with van der Waals surface area (Å²) < 4.78 is 29.2. The van der Waals surface area contributed by atoms with Gasteiger partial charge in [0, 0.05) is 11.6 Å². The van der Waals surface area contributed by atoms with Crippen LogP contribution in [0.4, 0.5) is 8.78 Å². The van der Waals surface area contributed by atoms with Crippen LogP contribution in [0.15, 0.2) is 42.1 Å². The lowest BCUT2D eigenvalue weighted by Crippen LogP contribution is -2.29. The van der Waals surface area contributed by atoms with Gasteiger partial charge in [0.05, 0.1) is 6.61 Å². The van der Waals surface area contributed by atoms with Crippen LogP contribution in [0.25, 0.3) is 0 Å². The summed E-state index contributed by atoms with van der Waals surface area (Å²) >= 11 is 0. The topological polar surface area (TPSA) is 55.4 Å². The van der Waals surface area contributed by atoms with E-state index >= 15 is 0 Å². The van der Waals surface area contributed by atoms with Gasteiger partial charge in [-0.25, -0.2) is 13.6 Å². The summed E-state index contributed by atoms with van der Waals surface area (Å²) in [7, 11) is 0. The summed E-state index contributed by atoms with van der Waals surface area (Å²) in [6, 6.07) is 7.95. The molecule has 0 bridgehead atoms. The molecule has 0 aliphatic carbocycles. The van der Waals surface area contributed by atoms with Crippen LogP contribution in [0, 0.1) is 0 Å². The van der Waals surface area contributed by atoms with Crippen molar-refractivity contribution < 1.29 is 23.1 Å². The molecule has 0 saturated carbocycles. The molecule has 1 N–H and O–H groups in total. The molecule has 0 unspecified atom stereocenters. The number of allylic oxidation sites excluding steroid dienone is 1. The number of hydrogen-bond acceptors (Lipinski definition) is 3. The molecule has 0 radical (unpaired) electrons. The number of benzene rings is 1. The minimum Gasteiger partial charge on any atom is -0.461 e. The van der Waals surface area contributed by atoms with Crippen molar-refractivity contribution >= 4 is 11.9 Å². The highest BCUT2D eigenvalue weighted by Crippen LogP contribution is 2.05. The third-order valence-corrected chi connectivity index (χ3v) is 2.07. The molecule has 1 rings (SSSR count). The second-order valence-electron chi connectivity index (χ2n) is 3.46. The Hall–Kier alpha value is -2.24. The highest BCUT2D eigenvalue weighted by Gasteiger charge is 2.17. The van der Waals surface area contributed by atoms with Crippen molar-refractivity contribution in [1.29, 1.82) is 0 Å². The molecule has 1 aromatic carbocycles. The first-order valence-corrected chi connectivity index (χ1v) is 5.58. The van der Waals surface area contributed by atoms with Gasteiger partial charge in [0.15, 0.2) is 0 Å². The molecule has 0 aliphatic rings. The molecule has 1 amide bonds. The number of carbonyl (C=O) groups is 2. The van der Waals surface area contributed by atoms with E-state index < -0.39 is 24.0 Å². The Balaban J connectivity index is 2.84. The summed E-state index contributed by atoms with van der Waals surface area (Å²) in [6.45, 7) is 1.57. The number of carbonyl (C=O) groups excluding carboxylic acids is 2. The maximum atomic E-state index is 12.3. The van der Waals surface area contributed by atoms with E-state index in [9.17, 15) is 18.4 Å². The van der Waals surface area contributed by atoms with E-state index in [1.807, 2.05) is 0 Å². The van der Waals surface area contributed by atoms with Gasteiger partial charge in [-0.1, -0.05) is 18.2 Å². The van der Waals surface area contributed by atoms with Crippen LogP contribution in [-0.4, -0.2) is 24.9 Å². The first-order valence-electron chi connectivity index (χ1n) is 5.58. The van der Waals surface area contributed by atoms with Crippen molar-refractivity contribution in [1.82, 2.24) is 5.32 Å². The van der Waals surface area contributed by atoms with Gasteiger partial charge in [-0.2, -0.15) is 0 Å². The molecular formula is C13H13F2NO3. The van der Waals surface area contributed by atoms with Crippen LogP contribution in [0.1, 0.15) is 17.3 Å². The molecule has 0 aromatic heterocycles. The lowest BCUT2D eigenvalue weighted by atomic mass is 10.2. The van der Waals surface area contributed by atoms with Crippen molar-refractivity contribution in [2.24, 2.45) is 0 Å². The Morgan fingerprint density at radius 1 is 1.32 bits per heavy atom. The van der Waals surface area contributed by atoms with E-state index in [0.29, 0.717) is 6.08 Å². The minimum atomic E-state index is -2.87. The number of alkyl halides is 2. The van der Waals surface area contributed by atoms with Crippen LogP contribution in [-0.2, 0) is 9.53 Å². The zero-order chi connectivity index (χ0) is 14.3. The molecule has 0 heterocycles. The number of amides is 1. The maximum Gasteiger partial charge on any atom is 0.354 e. The SMILES string of the molecule is CCOC(=O)C(=CC(F)F)NC(=O)c1ccccc1. The first-order chi connectivity index (χ1) is 9.04. The van der Waals surface area contributed by atoms with Gasteiger partial charge >= 0.3 is 5.97 Å². The summed E-state index contributed by atoms with van der Waals surface area (Å²) in [5.41, 5.74) is -0.308. The Labute approximate surface area is 109 Å². The van der Waals surface area contributed by atoms with E-state index in [4.69, 9.17) is 0 Å². The number of esters is 1. The Morgan fingerprint density at radius 3 is 2.47 bits per heavy atom. The standard InChI is InChI=1S/C13H13F2NO3/c1-2-19-13(18)10(8-11(14)15)16-12(17)9-6-4-3-5-7-9/h3-8,11H,2H2,1H3,(H,16,17). The lowest BCUT2D eigenvalue weighted by Gasteiger charge is -2.09. The van der Waals surface area contributed by atoms with E-state index in [1.54, 1.807) is 18.2 Å². The largest absolute Gasteiger partial charge is 0.461 e. The number of hydrogen-bond donors (Lipinski definition) is 1. The van der Waals surface area contributed by atoms with Crippen LogP contribution in [0.2, 0.25) is 0 Å². The number of ether oxygens (including phenoxy) is 1. The van der Waals surface area contributed by atoms with E-state index in [1.165, 1.54) is 19.1 Å². The second-order valence-corrected chi connectivity index (χ2v) is 3.46. The quantitative estimate of drug-likeness (QED) is 0.658. The zero-order valence-electron chi connectivity index (χ0n) is 10.2. The maximum absolute atomic E-state index is 12.3. The number of halogens is 2. The van der Waals surface area contributed by atoms with Gasteiger partial charge in [-0.3, -0.25) is 4.79 Å². The molecule has 4 nitrogen and oxygen atoms in total. The molecule has 1 aromatic rings. The number of rotatable bonds is 5. The Bertz CT molecular complexity index is 472. The summed E-state index contributed by atoms with van der Waals surface area (Å²) in [6.07, 6.45) is -2.52. The third-order valence-electron chi connectivity index (χ3n) is 2.07. The fourth-order valence-electron chi connectivity index (χ4n) is 1.28. The van der Waals surface area contributed by atoms with Gasteiger partial charge in [0.2, 0.25) is 0 Å². The van der Waals surface area contributed by atoms with Crippen LogP contribution in [0.3, 0.4) is 0 Å². The summed E-state index contributed by atoms with van der Waals surface area (Å²) in [5, 5.41) is 2.12. The molecule has 0 saturated heterocycles. The average molecular weight is 269 g/mol. The predicted octanol–water partition coefficient (Wildman–Crippen LogP) is 2.13. The van der Waals surface area contributed by atoms with Gasteiger partial charge in [0.25, 0.3) is 12.3 Å². The molecule has 6 heteroatoms. The second kappa shape index (κ2) is 7.25. The smallest absolute Gasteiger partial charge is 0.354 e. The predicted molar refractivity (Wildman–Crippen MR) is 64.6 cm³/mol. The van der Waals surface area contributed by atoms with Crippen molar-refractivity contribution in [2.75, 3.05) is 6.61 Å². The van der Waals surface area contributed by atoms with Gasteiger partial charge in [-0.05, 0) is 19.1 Å². The molecule has 19 heavy (non-hydrogen) atoms. The fraction of sp³-hybridized carbons (Fsp3) is 0.231. The molecule has 102 valence electrons. The van der Waals surface area contributed by atoms with Gasteiger partial charge in [0.1, 0.15) is 5.70 Å². The van der Waals surface area contributed by atoms with Crippen LogP contribution in [0.5, 0.6) is 0 Å². The summed E-state index contributed by atoms with van der Waals surface area (Å²) in [5.74, 6) is -1.65. The number of nitrogens with one attached hydrogen (secondary N) is 1. The fourth-order valence-corrected chi connectivity index (χ4v) is 1.28. The zero-order valence-corrected chi connectivity index (χ0v) is 10.2. The molecule has 0 aliphatic heterocycles. The monoisotopic (exact) mass is 269 g/mol. The highest BCUT2D eigenvalue weighted by atomic mass is 19.3. The Kier molecular flexibility index (Phi) is 5.66. The van der Waals surface area contributed by atoms with Crippen molar-refractivity contribution in [3.8, 4) is 0 Å². The van der Waals surface area contributed by atoms with Crippen LogP contribution < -0.4 is 5.32 Å². The average Bonchev–Trinajstić information content (AvgIpc) is 2.38. The van der Waals surface area contributed by atoms with Crippen molar-refractivity contribution in [2.45, 2.75) is 13.3 Å². The molecule has 0 spiro atoms. The normalized spacial score (nSPS) is 11.3. The first kappa shape index (κ1) is 14.8. The summed E-state index contributed by atoms with van der Waals surface area (Å²) in [4.78, 5) is 23.1. The third kappa shape index (κ3) is 4.87. The van der Waals surface area contributed by atoms with Crippen molar-refractivity contribution in [3.63, 3.8) is 0 Å². The van der Waals surface area contributed by atoms with Gasteiger partial charge in [-0.15, -0.1) is 0 Å². The molecule has 0 atom stereocenters. The van der Waals surface area contributed by atoms with Crippen molar-refractivity contribution in [3.05, 3.63) is 47.7 Å². The van der Waals surface area contributed by atoms with E-state index in [2.05, 4.69) is 10.1 Å². The van der Waals surface area contributed by atoms with E-state index in [-0.39, 0.29) is 12.2 Å². The van der Waals surface area contributed by atoms with E-state index in [0.717, 1.165) is 0 Å². The Morgan fingerprint density at radius 2 is 1.95 bits per heavy atom. The highest BCUT2D eigenvalue weighted by molar-refractivity contribution is 6.01. The van der Waals surface area contributed by atoms with Gasteiger partial charge < -0.3 is 10.1 Å². The van der Waals surface area contributed by atoms with Crippen LogP contribution >= 0.6 is 0 Å². The lowest BCUT2D eigenvalue weighted by molar-refractivity contribution is -0.139.